The zero-order valence-corrected chi connectivity index (χ0v) is 9.34. The Hall–Kier alpha value is -1.68. The van der Waals surface area contributed by atoms with Gasteiger partial charge in [0.05, 0.1) is 0 Å². The first-order valence-corrected chi connectivity index (χ1v) is 5.49. The molecule has 0 saturated carbocycles. The molecule has 0 unspecified atom stereocenters. The molecule has 4 heteroatoms. The predicted octanol–water partition coefficient (Wildman–Crippen LogP) is 3.45. The van der Waals surface area contributed by atoms with Crippen LogP contribution in [-0.4, -0.2) is 11.1 Å². The van der Waals surface area contributed by atoms with Crippen LogP contribution in [0, 0.1) is 12.7 Å². The molecule has 0 saturated heterocycles. The van der Waals surface area contributed by atoms with Gasteiger partial charge in [0.1, 0.15) is 5.82 Å². The Labute approximate surface area is 95.6 Å². The fraction of sp³-hybridized carbons (Fsp3) is 0.0833. The second-order valence-electron chi connectivity index (χ2n) is 3.40. The van der Waals surface area contributed by atoms with E-state index in [1.807, 2.05) is 6.92 Å². The van der Waals surface area contributed by atoms with Crippen molar-refractivity contribution in [1.82, 2.24) is 0 Å². The van der Waals surface area contributed by atoms with Gasteiger partial charge in [-0.1, -0.05) is 0 Å². The molecule has 0 aliphatic rings. The average Bonchev–Trinajstić information content (AvgIpc) is 2.53. The van der Waals surface area contributed by atoms with Gasteiger partial charge >= 0.3 is 5.97 Å². The molecule has 0 radical (unpaired) electrons. The molecule has 0 bridgehead atoms. The summed E-state index contributed by atoms with van der Waals surface area (Å²) < 4.78 is 14.0. The third-order valence-corrected chi connectivity index (χ3v) is 3.55. The van der Waals surface area contributed by atoms with Crippen LogP contribution in [0.15, 0.2) is 24.3 Å². The maximum absolute atomic E-state index is 13.0. The van der Waals surface area contributed by atoms with Crippen molar-refractivity contribution in [2.24, 2.45) is 0 Å². The van der Waals surface area contributed by atoms with Gasteiger partial charge in [-0.05, 0) is 42.1 Å². The fourth-order valence-electron chi connectivity index (χ4n) is 1.52. The Morgan fingerprint density at radius 3 is 2.94 bits per heavy atom. The van der Waals surface area contributed by atoms with Crippen LogP contribution in [0.1, 0.15) is 10.4 Å². The van der Waals surface area contributed by atoms with E-state index < -0.39 is 5.97 Å². The van der Waals surface area contributed by atoms with E-state index in [-0.39, 0.29) is 5.82 Å². The Bertz CT molecular complexity index is 584. The molecule has 1 aromatic heterocycles. The number of aryl methyl sites for hydroxylation is 1. The van der Waals surface area contributed by atoms with Crippen molar-refractivity contribution in [3.63, 3.8) is 0 Å². The molecule has 1 N–H and O–H groups in total. The molecule has 0 amide bonds. The Balaban J connectivity index is 2.56. The highest BCUT2D eigenvalue weighted by atomic mass is 32.1. The third-order valence-electron chi connectivity index (χ3n) is 2.31. The minimum atomic E-state index is -0.983. The zero-order valence-electron chi connectivity index (χ0n) is 8.53. The normalized spacial score (nSPS) is 11.4. The highest BCUT2D eigenvalue weighted by Crippen LogP contribution is 2.32. The highest BCUT2D eigenvalue weighted by Gasteiger charge is 2.07. The van der Waals surface area contributed by atoms with E-state index in [1.165, 1.54) is 23.5 Å². The summed E-state index contributed by atoms with van der Waals surface area (Å²) in [6, 6.07) is 4.59. The van der Waals surface area contributed by atoms with Crippen molar-refractivity contribution in [2.75, 3.05) is 0 Å². The number of aliphatic carboxylic acids is 1. The molecule has 82 valence electrons. The standard InChI is InChI=1S/C12H9FO2S/c1-7-9-6-8(13)2-3-11(9)16-10(7)4-5-12(14)15/h2-6H,1H3,(H,14,15)/b5-4+. The van der Waals surface area contributed by atoms with Gasteiger partial charge in [-0.3, -0.25) is 0 Å². The lowest BCUT2D eigenvalue weighted by atomic mass is 10.1. The fourth-order valence-corrected chi connectivity index (χ4v) is 2.61. The SMILES string of the molecule is Cc1c(/C=C/C(=O)O)sc2ccc(F)cc12. The van der Waals surface area contributed by atoms with Gasteiger partial charge in [0.25, 0.3) is 0 Å². The van der Waals surface area contributed by atoms with Gasteiger partial charge in [0.2, 0.25) is 0 Å². The Morgan fingerprint density at radius 2 is 2.25 bits per heavy atom. The van der Waals surface area contributed by atoms with Crippen molar-refractivity contribution < 1.29 is 14.3 Å². The summed E-state index contributed by atoms with van der Waals surface area (Å²) in [5.74, 6) is -1.26. The minimum absolute atomic E-state index is 0.276. The predicted molar refractivity (Wildman–Crippen MR) is 63.2 cm³/mol. The second-order valence-corrected chi connectivity index (χ2v) is 4.49. The molecule has 2 rings (SSSR count). The van der Waals surface area contributed by atoms with Crippen LogP contribution >= 0.6 is 11.3 Å². The van der Waals surface area contributed by atoms with E-state index in [9.17, 15) is 9.18 Å². The topological polar surface area (TPSA) is 37.3 Å². The lowest BCUT2D eigenvalue weighted by Crippen LogP contribution is -1.85. The summed E-state index contributed by atoms with van der Waals surface area (Å²) >= 11 is 1.46. The molecule has 1 aromatic carbocycles. The lowest BCUT2D eigenvalue weighted by molar-refractivity contribution is -0.131. The van der Waals surface area contributed by atoms with Gasteiger partial charge in [0, 0.05) is 15.7 Å². The van der Waals surface area contributed by atoms with Crippen molar-refractivity contribution in [2.45, 2.75) is 6.92 Å². The van der Waals surface area contributed by atoms with Crippen LogP contribution in [0.5, 0.6) is 0 Å². The molecule has 1 heterocycles. The zero-order chi connectivity index (χ0) is 11.7. The molecule has 16 heavy (non-hydrogen) atoms. The van der Waals surface area contributed by atoms with Crippen LogP contribution in [0.25, 0.3) is 16.2 Å². The van der Waals surface area contributed by atoms with Crippen molar-refractivity contribution in [1.29, 1.82) is 0 Å². The third kappa shape index (κ3) is 1.97. The second kappa shape index (κ2) is 4.06. The number of halogens is 1. The summed E-state index contributed by atoms with van der Waals surface area (Å²) in [6.45, 7) is 1.86. The van der Waals surface area contributed by atoms with E-state index in [0.717, 1.165) is 26.6 Å². The molecule has 0 fully saturated rings. The number of carboxylic acid groups (broad SMARTS) is 1. The quantitative estimate of drug-likeness (QED) is 0.811. The molecular weight excluding hydrogens is 227 g/mol. The summed E-state index contributed by atoms with van der Waals surface area (Å²) in [4.78, 5) is 11.3. The van der Waals surface area contributed by atoms with Crippen LogP contribution < -0.4 is 0 Å². The van der Waals surface area contributed by atoms with E-state index in [1.54, 1.807) is 12.1 Å². The van der Waals surface area contributed by atoms with Crippen LogP contribution in [0.4, 0.5) is 4.39 Å². The Morgan fingerprint density at radius 1 is 1.50 bits per heavy atom. The van der Waals surface area contributed by atoms with Gasteiger partial charge in [-0.15, -0.1) is 11.3 Å². The highest BCUT2D eigenvalue weighted by molar-refractivity contribution is 7.20. The monoisotopic (exact) mass is 236 g/mol. The number of carboxylic acids is 1. The smallest absolute Gasteiger partial charge is 0.328 e. The van der Waals surface area contributed by atoms with Crippen molar-refractivity contribution in [3.05, 3.63) is 40.5 Å². The van der Waals surface area contributed by atoms with Crippen LogP contribution in [0.3, 0.4) is 0 Å². The first-order chi connectivity index (χ1) is 7.58. The van der Waals surface area contributed by atoms with Gasteiger partial charge in [-0.2, -0.15) is 0 Å². The van der Waals surface area contributed by atoms with Gasteiger partial charge < -0.3 is 5.11 Å². The number of thiophene rings is 1. The first kappa shape index (κ1) is 10.8. The molecule has 0 aliphatic carbocycles. The molecule has 2 aromatic rings. The molecular formula is C12H9FO2S. The lowest BCUT2D eigenvalue weighted by Gasteiger charge is -1.92. The van der Waals surface area contributed by atoms with Gasteiger partial charge in [0.15, 0.2) is 0 Å². The van der Waals surface area contributed by atoms with Crippen LogP contribution in [-0.2, 0) is 4.79 Å². The molecule has 0 spiro atoms. The summed E-state index contributed by atoms with van der Waals surface area (Å²) in [5.41, 5.74) is 0.914. The molecule has 0 aliphatic heterocycles. The maximum atomic E-state index is 13.0. The van der Waals surface area contributed by atoms with E-state index in [4.69, 9.17) is 5.11 Å². The number of hydrogen-bond acceptors (Lipinski definition) is 2. The van der Waals surface area contributed by atoms with E-state index >= 15 is 0 Å². The minimum Gasteiger partial charge on any atom is -0.478 e. The van der Waals surface area contributed by atoms with E-state index in [2.05, 4.69) is 0 Å². The van der Waals surface area contributed by atoms with Crippen LogP contribution in [0.2, 0.25) is 0 Å². The van der Waals surface area contributed by atoms with E-state index in [0.29, 0.717) is 0 Å². The largest absolute Gasteiger partial charge is 0.478 e. The summed E-state index contributed by atoms with van der Waals surface area (Å²) in [6.07, 6.45) is 2.63. The number of carbonyl (C=O) groups is 1. The summed E-state index contributed by atoms with van der Waals surface area (Å²) in [7, 11) is 0. The molecule has 0 atom stereocenters. The number of rotatable bonds is 2. The van der Waals surface area contributed by atoms with Crippen molar-refractivity contribution in [3.8, 4) is 0 Å². The van der Waals surface area contributed by atoms with Crippen molar-refractivity contribution >= 4 is 33.5 Å². The number of fused-ring (bicyclic) bond motifs is 1. The summed E-state index contributed by atoms with van der Waals surface area (Å²) in [5, 5.41) is 9.39. The Kier molecular flexibility index (Phi) is 2.75. The number of hydrogen-bond donors (Lipinski definition) is 1. The number of benzene rings is 1. The first-order valence-electron chi connectivity index (χ1n) is 4.67. The van der Waals surface area contributed by atoms with Gasteiger partial charge in [-0.25, -0.2) is 9.18 Å². The average molecular weight is 236 g/mol. The molecule has 2 nitrogen and oxygen atoms in total. The maximum Gasteiger partial charge on any atom is 0.328 e.